The number of nitrogens with zero attached hydrogens (tertiary/aromatic N) is 1. The summed E-state index contributed by atoms with van der Waals surface area (Å²) in [5.74, 6) is 0.0692. The molecule has 1 saturated carbocycles. The molecule has 0 aromatic heterocycles. The minimum Gasteiger partial charge on any atom is -0.298 e. The summed E-state index contributed by atoms with van der Waals surface area (Å²) in [6.07, 6.45) is 4.16. The third-order valence-electron chi connectivity index (χ3n) is 3.97. The number of hydrogen-bond donors (Lipinski definition) is 0. The summed E-state index contributed by atoms with van der Waals surface area (Å²) in [4.78, 5) is 11.7. The normalized spacial score (nSPS) is 25.9. The number of carbonyl (C=O) groups is 1. The SMILES string of the molecule is CC(C)(C)S(=O)(=O)N1CC(=O)CC12CCCC2. The van der Waals surface area contributed by atoms with Crippen LogP contribution in [0.4, 0.5) is 0 Å². The number of rotatable bonds is 1. The highest BCUT2D eigenvalue weighted by Crippen LogP contribution is 2.45. The van der Waals surface area contributed by atoms with Gasteiger partial charge in [0.1, 0.15) is 5.78 Å². The van der Waals surface area contributed by atoms with E-state index in [-0.39, 0.29) is 17.9 Å². The topological polar surface area (TPSA) is 54.5 Å². The second-order valence-corrected chi connectivity index (χ2v) is 8.89. The standard InChI is InChI=1S/C12H21NO3S/c1-11(2,3)17(15,16)13-9-10(14)8-12(13)6-4-5-7-12/h4-9H2,1-3H3. The Kier molecular flexibility index (Phi) is 2.90. The van der Waals surface area contributed by atoms with Crippen molar-refractivity contribution in [2.24, 2.45) is 0 Å². The first-order chi connectivity index (χ1) is 7.69. The van der Waals surface area contributed by atoms with Crippen LogP contribution in [0, 0.1) is 0 Å². The minimum absolute atomic E-state index is 0.0692. The molecule has 17 heavy (non-hydrogen) atoms. The van der Waals surface area contributed by atoms with Gasteiger partial charge in [-0.15, -0.1) is 0 Å². The number of hydrogen-bond acceptors (Lipinski definition) is 3. The van der Waals surface area contributed by atoms with Crippen LogP contribution in [0.1, 0.15) is 52.9 Å². The van der Waals surface area contributed by atoms with Gasteiger partial charge in [-0.3, -0.25) is 4.79 Å². The van der Waals surface area contributed by atoms with Crippen molar-refractivity contribution in [1.82, 2.24) is 4.31 Å². The quantitative estimate of drug-likeness (QED) is 0.720. The maximum Gasteiger partial charge on any atom is 0.219 e. The summed E-state index contributed by atoms with van der Waals surface area (Å²) in [5, 5.41) is 0. The highest BCUT2D eigenvalue weighted by atomic mass is 32.2. The van der Waals surface area contributed by atoms with Gasteiger partial charge < -0.3 is 0 Å². The molecule has 0 unspecified atom stereocenters. The predicted octanol–water partition coefficient (Wildman–Crippen LogP) is 1.70. The molecule has 1 aliphatic heterocycles. The zero-order valence-electron chi connectivity index (χ0n) is 10.8. The van der Waals surface area contributed by atoms with E-state index in [1.54, 1.807) is 20.8 Å². The molecule has 0 amide bonds. The fourth-order valence-electron chi connectivity index (χ4n) is 2.97. The summed E-state index contributed by atoms with van der Waals surface area (Å²) in [6, 6.07) is 0. The van der Waals surface area contributed by atoms with Crippen LogP contribution in [0.3, 0.4) is 0 Å². The second kappa shape index (κ2) is 3.79. The highest BCUT2D eigenvalue weighted by molar-refractivity contribution is 7.90. The van der Waals surface area contributed by atoms with Gasteiger partial charge in [-0.2, -0.15) is 4.31 Å². The lowest BCUT2D eigenvalue weighted by Crippen LogP contribution is -2.51. The Morgan fingerprint density at radius 2 is 1.71 bits per heavy atom. The molecule has 2 aliphatic rings. The third-order valence-corrected chi connectivity index (χ3v) is 6.62. The van der Waals surface area contributed by atoms with Gasteiger partial charge in [0.25, 0.3) is 0 Å². The Bertz CT molecular complexity index is 427. The van der Waals surface area contributed by atoms with Gasteiger partial charge >= 0.3 is 0 Å². The molecule has 1 saturated heterocycles. The van der Waals surface area contributed by atoms with Crippen molar-refractivity contribution in [1.29, 1.82) is 0 Å². The Morgan fingerprint density at radius 3 is 2.18 bits per heavy atom. The molecule has 4 nitrogen and oxygen atoms in total. The van der Waals surface area contributed by atoms with E-state index in [0.717, 1.165) is 25.7 Å². The van der Waals surface area contributed by atoms with Gasteiger partial charge in [0.2, 0.25) is 10.0 Å². The van der Waals surface area contributed by atoms with Crippen LogP contribution in [0.15, 0.2) is 0 Å². The Morgan fingerprint density at radius 1 is 1.18 bits per heavy atom. The van der Waals surface area contributed by atoms with Gasteiger partial charge in [-0.1, -0.05) is 12.8 Å². The number of Topliss-reactive ketones (excluding diaryl/α,β-unsaturated/α-hetero) is 1. The zero-order valence-corrected chi connectivity index (χ0v) is 11.6. The van der Waals surface area contributed by atoms with Crippen molar-refractivity contribution >= 4 is 15.8 Å². The van der Waals surface area contributed by atoms with Crippen LogP contribution in [0.25, 0.3) is 0 Å². The number of sulfonamides is 1. The Labute approximate surface area is 103 Å². The van der Waals surface area contributed by atoms with Crippen LogP contribution in [-0.4, -0.2) is 35.3 Å². The van der Waals surface area contributed by atoms with Crippen LogP contribution in [0.5, 0.6) is 0 Å². The first kappa shape index (κ1) is 13.0. The van der Waals surface area contributed by atoms with Crippen LogP contribution in [0.2, 0.25) is 0 Å². The molecule has 0 bridgehead atoms. The van der Waals surface area contributed by atoms with Gasteiger partial charge in [0.05, 0.1) is 11.3 Å². The minimum atomic E-state index is -3.39. The average Bonchev–Trinajstić information content (AvgIpc) is 2.73. The first-order valence-electron chi connectivity index (χ1n) is 6.23. The number of ketones is 1. The van der Waals surface area contributed by atoms with E-state index in [4.69, 9.17) is 0 Å². The molecule has 0 aromatic carbocycles. The van der Waals surface area contributed by atoms with Crippen molar-refractivity contribution in [3.05, 3.63) is 0 Å². The van der Waals surface area contributed by atoms with E-state index in [1.807, 2.05) is 0 Å². The molecular formula is C12H21NO3S. The Balaban J connectivity index is 2.41. The lowest BCUT2D eigenvalue weighted by atomic mass is 9.96. The van der Waals surface area contributed by atoms with Gasteiger partial charge in [0, 0.05) is 12.0 Å². The van der Waals surface area contributed by atoms with Crippen LogP contribution >= 0.6 is 0 Å². The molecule has 2 fully saturated rings. The van der Waals surface area contributed by atoms with Crippen LogP contribution in [-0.2, 0) is 14.8 Å². The Hall–Kier alpha value is -0.420. The summed E-state index contributed by atoms with van der Waals surface area (Å²) in [6.45, 7) is 5.19. The van der Waals surface area contributed by atoms with Crippen molar-refractivity contribution in [2.75, 3.05) is 6.54 Å². The smallest absolute Gasteiger partial charge is 0.219 e. The molecule has 1 heterocycles. The van der Waals surface area contributed by atoms with E-state index in [2.05, 4.69) is 0 Å². The predicted molar refractivity (Wildman–Crippen MR) is 66.2 cm³/mol. The number of carbonyl (C=O) groups excluding carboxylic acids is 1. The molecule has 1 spiro atoms. The van der Waals surface area contributed by atoms with Crippen LogP contribution < -0.4 is 0 Å². The van der Waals surface area contributed by atoms with Crippen molar-refractivity contribution in [3.63, 3.8) is 0 Å². The molecule has 5 heteroatoms. The van der Waals surface area contributed by atoms with E-state index in [1.165, 1.54) is 4.31 Å². The highest BCUT2D eigenvalue weighted by Gasteiger charge is 2.54. The van der Waals surface area contributed by atoms with Crippen molar-refractivity contribution < 1.29 is 13.2 Å². The van der Waals surface area contributed by atoms with Gasteiger partial charge in [0.15, 0.2) is 0 Å². The molecule has 2 rings (SSSR count). The average molecular weight is 259 g/mol. The maximum atomic E-state index is 12.5. The molecule has 98 valence electrons. The molecular weight excluding hydrogens is 238 g/mol. The lowest BCUT2D eigenvalue weighted by molar-refractivity contribution is -0.116. The summed E-state index contributed by atoms with van der Waals surface area (Å²) in [5.41, 5.74) is -0.386. The van der Waals surface area contributed by atoms with Gasteiger partial charge in [-0.05, 0) is 33.6 Å². The first-order valence-corrected chi connectivity index (χ1v) is 7.67. The largest absolute Gasteiger partial charge is 0.298 e. The fourth-order valence-corrected chi connectivity index (χ4v) is 4.70. The van der Waals surface area contributed by atoms with E-state index in [9.17, 15) is 13.2 Å². The summed E-state index contributed by atoms with van der Waals surface area (Å²) in [7, 11) is -3.39. The van der Waals surface area contributed by atoms with Crippen molar-refractivity contribution in [2.45, 2.75) is 63.2 Å². The van der Waals surface area contributed by atoms with E-state index < -0.39 is 14.8 Å². The second-order valence-electron chi connectivity index (χ2n) is 6.27. The maximum absolute atomic E-state index is 12.5. The van der Waals surface area contributed by atoms with Crippen molar-refractivity contribution in [3.8, 4) is 0 Å². The zero-order chi connectivity index (χ0) is 12.9. The lowest BCUT2D eigenvalue weighted by Gasteiger charge is -2.37. The summed E-state index contributed by atoms with van der Waals surface area (Å²) < 4.78 is 25.8. The third kappa shape index (κ3) is 1.93. The molecule has 1 aliphatic carbocycles. The summed E-state index contributed by atoms with van der Waals surface area (Å²) >= 11 is 0. The van der Waals surface area contributed by atoms with E-state index in [0.29, 0.717) is 6.42 Å². The fraction of sp³-hybridized carbons (Fsp3) is 0.917. The molecule has 0 N–H and O–H groups in total. The molecule has 0 aromatic rings. The van der Waals surface area contributed by atoms with Gasteiger partial charge in [-0.25, -0.2) is 8.42 Å². The van der Waals surface area contributed by atoms with E-state index >= 15 is 0 Å². The molecule has 0 radical (unpaired) electrons. The monoisotopic (exact) mass is 259 g/mol. The molecule has 0 atom stereocenters.